The molecule has 1 aliphatic carbocycles. The van der Waals surface area contributed by atoms with Crippen molar-refractivity contribution in [2.75, 3.05) is 0 Å². The number of aromatic nitrogens is 1. The molecule has 1 aliphatic rings. The van der Waals surface area contributed by atoms with Crippen molar-refractivity contribution < 1.29 is 13.2 Å². The molecule has 26 heavy (non-hydrogen) atoms. The number of halogens is 3. The van der Waals surface area contributed by atoms with Crippen LogP contribution in [0.2, 0.25) is 0 Å². The number of nitriles is 1. The summed E-state index contributed by atoms with van der Waals surface area (Å²) >= 11 is 0. The third-order valence-corrected chi connectivity index (χ3v) is 4.73. The first-order valence-electron chi connectivity index (χ1n) is 8.09. The fourth-order valence-corrected chi connectivity index (χ4v) is 3.51. The highest BCUT2D eigenvalue weighted by atomic mass is 19.4. The minimum absolute atomic E-state index is 0.413. The van der Waals surface area contributed by atoms with Crippen LogP contribution < -0.4 is 0 Å². The van der Waals surface area contributed by atoms with Crippen molar-refractivity contribution in [1.29, 1.82) is 5.26 Å². The molecule has 2 nitrogen and oxygen atoms in total. The van der Waals surface area contributed by atoms with Crippen LogP contribution in [0.25, 0.3) is 22.4 Å². The second-order valence-electron chi connectivity index (χ2n) is 6.30. The van der Waals surface area contributed by atoms with Crippen LogP contribution in [0.15, 0.2) is 48.5 Å². The van der Waals surface area contributed by atoms with Crippen LogP contribution in [0.1, 0.15) is 27.9 Å². The van der Waals surface area contributed by atoms with Gasteiger partial charge in [0.05, 0.1) is 22.5 Å². The molecule has 0 fully saturated rings. The molecule has 1 aromatic heterocycles. The number of rotatable bonds is 1. The highest BCUT2D eigenvalue weighted by Gasteiger charge is 2.31. The number of pyridine rings is 1. The lowest BCUT2D eigenvalue weighted by molar-refractivity contribution is -0.137. The van der Waals surface area contributed by atoms with Gasteiger partial charge in [0.1, 0.15) is 6.07 Å². The lowest BCUT2D eigenvalue weighted by atomic mass is 9.92. The molecule has 0 bridgehead atoms. The first-order chi connectivity index (χ1) is 12.4. The lowest BCUT2D eigenvalue weighted by Crippen LogP contribution is -2.05. The second-order valence-corrected chi connectivity index (χ2v) is 6.30. The van der Waals surface area contributed by atoms with Gasteiger partial charge in [-0.3, -0.25) is 4.98 Å². The molecule has 0 unspecified atom stereocenters. The molecule has 128 valence electrons. The van der Waals surface area contributed by atoms with E-state index < -0.39 is 11.7 Å². The zero-order valence-electron chi connectivity index (χ0n) is 13.9. The summed E-state index contributed by atoms with van der Waals surface area (Å²) in [6, 6.07) is 15.0. The Kier molecular flexibility index (Phi) is 3.58. The summed E-state index contributed by atoms with van der Waals surface area (Å²) in [6.45, 7) is 1.76. The molecule has 4 rings (SSSR count). The summed E-state index contributed by atoms with van der Waals surface area (Å²) < 4.78 is 38.6. The summed E-state index contributed by atoms with van der Waals surface area (Å²) in [5.41, 5.74) is 5.41. The molecule has 0 aliphatic heterocycles. The van der Waals surface area contributed by atoms with Crippen LogP contribution in [0.5, 0.6) is 0 Å². The summed E-state index contributed by atoms with van der Waals surface area (Å²) in [5, 5.41) is 9.62. The Morgan fingerprint density at radius 2 is 1.73 bits per heavy atom. The maximum atomic E-state index is 12.9. The molecule has 0 saturated heterocycles. The van der Waals surface area contributed by atoms with Crippen molar-refractivity contribution in [2.45, 2.75) is 19.5 Å². The largest absolute Gasteiger partial charge is 0.416 e. The van der Waals surface area contributed by atoms with E-state index in [1.165, 1.54) is 12.1 Å². The molecular formula is C21H13F3N2. The Morgan fingerprint density at radius 3 is 2.38 bits per heavy atom. The highest BCUT2D eigenvalue weighted by molar-refractivity contribution is 5.86. The summed E-state index contributed by atoms with van der Waals surface area (Å²) in [4.78, 5) is 4.61. The maximum Gasteiger partial charge on any atom is 0.416 e. The standard InChI is InChI=1S/C21H13F3N2/c1-12-18(11-25)19(13-6-8-15(9-7-13)21(22,23)24)17-10-14-4-2-3-5-16(14)20(17)26-12/h2-9H,10H2,1H3. The Hall–Kier alpha value is -3.13. The Bertz CT molecular complexity index is 1060. The number of aryl methyl sites for hydroxylation is 1. The monoisotopic (exact) mass is 350 g/mol. The van der Waals surface area contributed by atoms with Gasteiger partial charge in [-0.05, 0) is 35.7 Å². The van der Waals surface area contributed by atoms with Crippen LogP contribution in [0.3, 0.4) is 0 Å². The molecule has 5 heteroatoms. The van der Waals surface area contributed by atoms with Crippen LogP contribution in [0, 0.1) is 18.3 Å². The smallest absolute Gasteiger partial charge is 0.251 e. The molecule has 0 atom stereocenters. The number of hydrogen-bond acceptors (Lipinski definition) is 2. The summed E-state index contributed by atoms with van der Waals surface area (Å²) in [7, 11) is 0. The molecule has 0 radical (unpaired) electrons. The number of benzene rings is 2. The number of nitrogens with zero attached hydrogens (tertiary/aromatic N) is 2. The van der Waals surface area contributed by atoms with Crippen molar-refractivity contribution in [3.63, 3.8) is 0 Å². The van der Waals surface area contributed by atoms with E-state index in [4.69, 9.17) is 0 Å². The first-order valence-corrected chi connectivity index (χ1v) is 8.09. The van der Waals surface area contributed by atoms with Crippen LogP contribution in [0.4, 0.5) is 13.2 Å². The van der Waals surface area contributed by atoms with Crippen molar-refractivity contribution in [2.24, 2.45) is 0 Å². The maximum absolute atomic E-state index is 12.9. The summed E-state index contributed by atoms with van der Waals surface area (Å²) in [5.74, 6) is 0. The van der Waals surface area contributed by atoms with Crippen molar-refractivity contribution in [3.05, 3.63) is 76.5 Å². The molecule has 3 aromatic rings. The van der Waals surface area contributed by atoms with E-state index in [2.05, 4.69) is 11.1 Å². The van der Waals surface area contributed by atoms with E-state index in [1.54, 1.807) is 6.92 Å². The zero-order valence-corrected chi connectivity index (χ0v) is 13.9. The van der Waals surface area contributed by atoms with Gasteiger partial charge in [0.2, 0.25) is 0 Å². The van der Waals surface area contributed by atoms with Crippen molar-refractivity contribution >= 4 is 0 Å². The third kappa shape index (κ3) is 2.46. The second kappa shape index (κ2) is 5.70. The predicted octanol–water partition coefficient (Wildman–Crippen LogP) is 5.52. The Labute approximate surface area is 148 Å². The van der Waals surface area contributed by atoms with E-state index >= 15 is 0 Å². The lowest BCUT2D eigenvalue weighted by Gasteiger charge is -2.14. The fraction of sp³-hybridized carbons (Fsp3) is 0.143. The summed E-state index contributed by atoms with van der Waals surface area (Å²) in [6.07, 6.45) is -3.77. The van der Waals surface area contributed by atoms with Gasteiger partial charge in [-0.15, -0.1) is 0 Å². The van der Waals surface area contributed by atoms with Crippen molar-refractivity contribution in [1.82, 2.24) is 4.98 Å². The average Bonchev–Trinajstić information content (AvgIpc) is 2.98. The van der Waals surface area contributed by atoms with Gasteiger partial charge in [0, 0.05) is 17.5 Å². The Balaban J connectivity index is 1.95. The van der Waals surface area contributed by atoms with Gasteiger partial charge in [0.15, 0.2) is 0 Å². The number of alkyl halides is 3. The van der Waals surface area contributed by atoms with E-state index in [9.17, 15) is 18.4 Å². The van der Waals surface area contributed by atoms with E-state index in [0.29, 0.717) is 28.8 Å². The first kappa shape index (κ1) is 16.3. The fourth-order valence-electron chi connectivity index (χ4n) is 3.51. The quantitative estimate of drug-likeness (QED) is 0.453. The van der Waals surface area contributed by atoms with Crippen LogP contribution >= 0.6 is 0 Å². The van der Waals surface area contributed by atoms with Gasteiger partial charge < -0.3 is 0 Å². The minimum atomic E-state index is -4.39. The Morgan fingerprint density at radius 1 is 1.04 bits per heavy atom. The molecule has 2 aromatic carbocycles. The minimum Gasteiger partial charge on any atom is -0.251 e. The van der Waals surface area contributed by atoms with E-state index in [-0.39, 0.29) is 0 Å². The van der Waals surface area contributed by atoms with Crippen molar-refractivity contribution in [3.8, 4) is 28.5 Å². The molecule has 1 heterocycles. The van der Waals surface area contributed by atoms with E-state index in [0.717, 1.165) is 34.5 Å². The van der Waals surface area contributed by atoms with Crippen LogP contribution in [-0.4, -0.2) is 4.98 Å². The highest BCUT2D eigenvalue weighted by Crippen LogP contribution is 2.43. The molecular weight excluding hydrogens is 337 g/mol. The van der Waals surface area contributed by atoms with Gasteiger partial charge in [0.25, 0.3) is 0 Å². The SMILES string of the molecule is Cc1nc2c(c(-c3ccc(C(F)(F)F)cc3)c1C#N)Cc1ccccc1-2. The van der Waals surface area contributed by atoms with Gasteiger partial charge in [-0.2, -0.15) is 18.4 Å². The molecule has 0 N–H and O–H groups in total. The zero-order chi connectivity index (χ0) is 18.5. The third-order valence-electron chi connectivity index (χ3n) is 4.73. The van der Waals surface area contributed by atoms with E-state index in [1.807, 2.05) is 24.3 Å². The molecule has 0 spiro atoms. The van der Waals surface area contributed by atoms with Gasteiger partial charge in [-0.1, -0.05) is 36.4 Å². The van der Waals surface area contributed by atoms with Gasteiger partial charge >= 0.3 is 6.18 Å². The average molecular weight is 350 g/mol. The molecule has 0 amide bonds. The van der Waals surface area contributed by atoms with Gasteiger partial charge in [-0.25, -0.2) is 0 Å². The van der Waals surface area contributed by atoms with Crippen LogP contribution in [-0.2, 0) is 12.6 Å². The number of hydrogen-bond donors (Lipinski definition) is 0. The normalized spacial score (nSPS) is 12.4. The number of fused-ring (bicyclic) bond motifs is 3. The topological polar surface area (TPSA) is 36.7 Å². The molecule has 0 saturated carbocycles. The predicted molar refractivity (Wildman–Crippen MR) is 92.4 cm³/mol.